The van der Waals surface area contributed by atoms with Crippen molar-refractivity contribution < 1.29 is 25.9 Å². The zero-order valence-electron chi connectivity index (χ0n) is 12.3. The summed E-state index contributed by atoms with van der Waals surface area (Å²) in [6, 6.07) is 0. The van der Waals surface area contributed by atoms with Gasteiger partial charge < -0.3 is 0 Å². The fraction of sp³-hybridized carbons (Fsp3) is 1.00. The quantitative estimate of drug-likeness (QED) is 0.558. The van der Waals surface area contributed by atoms with Crippen LogP contribution in [0.1, 0.15) is 6.42 Å². The maximum Gasteiger partial charge on any atom is 0.265 e. The van der Waals surface area contributed by atoms with Crippen molar-refractivity contribution >= 4 is 36.4 Å². The molecule has 116 valence electrons. The van der Waals surface area contributed by atoms with Crippen LogP contribution in [-0.4, -0.2) is 51.8 Å². The molecule has 0 fully saturated rings. The Morgan fingerprint density at radius 3 is 1.32 bits per heavy atom. The summed E-state index contributed by atoms with van der Waals surface area (Å²) in [5, 5.41) is 0. The van der Waals surface area contributed by atoms with Crippen molar-refractivity contribution in [1.82, 2.24) is 0 Å². The van der Waals surface area contributed by atoms with E-state index in [0.29, 0.717) is 0 Å². The summed E-state index contributed by atoms with van der Waals surface area (Å²) in [5.74, 6) is -0.651. The van der Waals surface area contributed by atoms with Crippen LogP contribution in [0.4, 0.5) is 0 Å². The predicted molar refractivity (Wildman–Crippen MR) is 82.0 cm³/mol. The molecule has 6 nitrogen and oxygen atoms in total. The molecule has 0 atom stereocenters. The van der Waals surface area contributed by atoms with Crippen LogP contribution in [0.15, 0.2) is 0 Å². The van der Waals surface area contributed by atoms with E-state index >= 15 is 0 Å². The lowest BCUT2D eigenvalue weighted by Gasteiger charge is -2.48. The molecule has 0 aromatic heterocycles. The second-order valence-corrected chi connectivity index (χ2v) is 22.0. The monoisotopic (exact) mass is 348 g/mol. The van der Waals surface area contributed by atoms with Crippen LogP contribution in [0.5, 0.6) is 0 Å². The lowest BCUT2D eigenvalue weighted by atomic mass is 10.5. The Bertz CT molecular complexity index is 510. The molecule has 0 aliphatic carbocycles. The van der Waals surface area contributed by atoms with Gasteiger partial charge in [0.05, 0.1) is 25.9 Å². The first-order valence-electron chi connectivity index (χ1n) is 5.88. The van der Waals surface area contributed by atoms with E-state index in [-0.39, 0.29) is 6.42 Å². The molecule has 2 N–H and O–H groups in total. The van der Waals surface area contributed by atoms with Gasteiger partial charge in [-0.2, -0.15) is 16.8 Å². The Balaban J connectivity index is 6.13. The minimum atomic E-state index is -4.42. The topological polar surface area (TPSA) is 109 Å². The molecule has 0 aromatic rings. The Hall–Kier alpha value is 0.254. The molecular weight excluding hydrogens is 324 g/mol. The molecule has 0 radical (unpaired) electrons. The van der Waals surface area contributed by atoms with E-state index in [1.165, 1.54) is 0 Å². The standard InChI is InChI=1S/C9H24O6S2Si2/c1-18(2,3)9(17(13,14)15,19(4,5)6)7-8-16(10,11)12/h7-8H2,1-6H3,(H,10,11,12)(H,13,14,15). The molecule has 0 unspecified atom stereocenters. The Kier molecular flexibility index (Phi) is 5.29. The zero-order chi connectivity index (χ0) is 15.9. The third-order valence-electron chi connectivity index (χ3n) is 3.58. The molecule has 0 aliphatic rings. The summed E-state index contributed by atoms with van der Waals surface area (Å²) in [6.07, 6.45) is -0.254. The van der Waals surface area contributed by atoms with Gasteiger partial charge in [0.2, 0.25) is 0 Å². The summed E-state index contributed by atoms with van der Waals surface area (Å²) < 4.78 is 63.2. The van der Waals surface area contributed by atoms with Crippen LogP contribution >= 0.6 is 0 Å². The fourth-order valence-corrected chi connectivity index (χ4v) is 21.4. The number of hydrogen-bond donors (Lipinski definition) is 2. The molecular formula is C9H24O6S2Si2. The van der Waals surface area contributed by atoms with Crippen molar-refractivity contribution in [3.63, 3.8) is 0 Å². The average Bonchev–Trinajstić information content (AvgIpc) is 1.92. The van der Waals surface area contributed by atoms with E-state index in [9.17, 15) is 21.4 Å². The van der Waals surface area contributed by atoms with Crippen LogP contribution in [-0.2, 0) is 20.2 Å². The van der Waals surface area contributed by atoms with E-state index < -0.39 is 46.1 Å². The predicted octanol–water partition coefficient (Wildman–Crippen LogP) is 1.65. The van der Waals surface area contributed by atoms with E-state index in [1.807, 2.05) is 0 Å². The third kappa shape index (κ3) is 4.11. The molecule has 0 heterocycles. The lowest BCUT2D eigenvalue weighted by Crippen LogP contribution is -2.70. The van der Waals surface area contributed by atoms with E-state index in [1.54, 1.807) is 39.3 Å². The molecule has 0 saturated carbocycles. The van der Waals surface area contributed by atoms with E-state index in [0.717, 1.165) is 0 Å². The molecule has 0 aliphatic heterocycles. The van der Waals surface area contributed by atoms with E-state index in [4.69, 9.17) is 4.55 Å². The van der Waals surface area contributed by atoms with Crippen molar-refractivity contribution in [1.29, 1.82) is 0 Å². The molecule has 0 saturated heterocycles. The minimum absolute atomic E-state index is 0.254. The van der Waals surface area contributed by atoms with Gasteiger partial charge in [-0.15, -0.1) is 0 Å². The first-order valence-corrected chi connectivity index (χ1v) is 15.9. The normalized spacial score (nSPS) is 15.6. The summed E-state index contributed by atoms with van der Waals surface area (Å²) in [7, 11) is -13.6. The zero-order valence-corrected chi connectivity index (χ0v) is 15.9. The van der Waals surface area contributed by atoms with Crippen LogP contribution in [0.2, 0.25) is 39.3 Å². The highest BCUT2D eigenvalue weighted by molar-refractivity contribution is 7.92. The highest BCUT2D eigenvalue weighted by Gasteiger charge is 2.61. The van der Waals surface area contributed by atoms with E-state index in [2.05, 4.69) is 0 Å². The maximum atomic E-state index is 12.0. The van der Waals surface area contributed by atoms with Gasteiger partial charge in [-0.3, -0.25) is 9.11 Å². The van der Waals surface area contributed by atoms with Gasteiger partial charge in [0.15, 0.2) is 0 Å². The first-order chi connectivity index (χ1) is 7.96. The highest BCUT2D eigenvalue weighted by atomic mass is 32.2. The SMILES string of the molecule is C[Si](C)(C)C(CCS(=O)(=O)O)([Si](C)(C)C)S(=O)(=O)O. The van der Waals surface area contributed by atoms with Crippen molar-refractivity contribution in [3.8, 4) is 0 Å². The average molecular weight is 349 g/mol. The highest BCUT2D eigenvalue weighted by Crippen LogP contribution is 2.41. The Morgan fingerprint density at radius 1 is 0.842 bits per heavy atom. The maximum absolute atomic E-state index is 12.0. The summed E-state index contributed by atoms with van der Waals surface area (Å²) in [5.41, 5.74) is 0. The smallest absolute Gasteiger partial charge is 0.265 e. The largest absolute Gasteiger partial charge is 0.286 e. The second-order valence-electron chi connectivity index (χ2n) is 6.84. The van der Waals surface area contributed by atoms with Crippen LogP contribution in [0, 0.1) is 0 Å². The van der Waals surface area contributed by atoms with Crippen molar-refractivity contribution in [2.75, 3.05) is 5.75 Å². The molecule has 10 heteroatoms. The van der Waals surface area contributed by atoms with Crippen molar-refractivity contribution in [3.05, 3.63) is 0 Å². The van der Waals surface area contributed by atoms with Gasteiger partial charge in [0, 0.05) is 0 Å². The lowest BCUT2D eigenvalue weighted by molar-refractivity contribution is 0.464. The van der Waals surface area contributed by atoms with Gasteiger partial charge in [0.25, 0.3) is 20.2 Å². The summed E-state index contributed by atoms with van der Waals surface area (Å²) >= 11 is 0. The molecule has 0 amide bonds. The van der Waals surface area contributed by atoms with Crippen molar-refractivity contribution in [2.24, 2.45) is 0 Å². The van der Waals surface area contributed by atoms with Crippen molar-refractivity contribution in [2.45, 2.75) is 49.7 Å². The van der Waals surface area contributed by atoms with Gasteiger partial charge in [-0.25, -0.2) is 0 Å². The van der Waals surface area contributed by atoms with Gasteiger partial charge >= 0.3 is 0 Å². The summed E-state index contributed by atoms with van der Waals surface area (Å²) in [4.78, 5) is 0. The van der Waals surface area contributed by atoms with Crippen LogP contribution in [0.3, 0.4) is 0 Å². The first kappa shape index (κ1) is 19.3. The summed E-state index contributed by atoms with van der Waals surface area (Å²) in [6.45, 7) is 10.8. The molecule has 0 bridgehead atoms. The Morgan fingerprint density at radius 2 is 1.16 bits per heavy atom. The molecule has 0 rings (SSSR count). The number of hydrogen-bond acceptors (Lipinski definition) is 4. The van der Waals surface area contributed by atoms with Gasteiger partial charge in [-0.05, 0) is 6.42 Å². The second kappa shape index (κ2) is 5.22. The van der Waals surface area contributed by atoms with Crippen LogP contribution in [0.25, 0.3) is 0 Å². The third-order valence-corrected chi connectivity index (χ3v) is 20.4. The molecule has 0 spiro atoms. The van der Waals surface area contributed by atoms with Gasteiger partial charge in [0.1, 0.15) is 0 Å². The van der Waals surface area contributed by atoms with Gasteiger partial charge in [-0.1, -0.05) is 39.3 Å². The Labute approximate surface area is 118 Å². The molecule has 0 aromatic carbocycles. The molecule has 19 heavy (non-hydrogen) atoms. The fourth-order valence-electron chi connectivity index (χ4n) is 3.05. The number of rotatable bonds is 6. The minimum Gasteiger partial charge on any atom is -0.286 e. The van der Waals surface area contributed by atoms with Crippen LogP contribution < -0.4 is 0 Å².